The first-order chi connectivity index (χ1) is 17.6. The number of hydrogen-bond donors (Lipinski definition) is 3. The molecule has 0 radical (unpaired) electrons. The summed E-state index contributed by atoms with van der Waals surface area (Å²) in [6.45, 7) is 1.58. The molecule has 0 unspecified atom stereocenters. The van der Waals surface area contributed by atoms with Crippen LogP contribution in [0.2, 0.25) is 5.02 Å². The lowest BCUT2D eigenvalue weighted by atomic mass is 9.74. The van der Waals surface area contributed by atoms with Gasteiger partial charge < -0.3 is 25.8 Å². The maximum atomic E-state index is 15.1. The highest BCUT2D eigenvalue weighted by molar-refractivity contribution is 6.30. The number of unbranched alkanes of at least 4 members (excludes halogenated alkanes) is 1. The van der Waals surface area contributed by atoms with Crippen molar-refractivity contribution >= 4 is 17.6 Å². The number of rotatable bonds is 11. The van der Waals surface area contributed by atoms with Gasteiger partial charge in [0.05, 0.1) is 10.6 Å². The molecule has 0 spiro atoms. The molecule has 2 aliphatic rings. The SMILES string of the molecule is COCCCC[C@@](O)(c1cccc(Cl)c1F)[C@@H]1CCCN(C(=O)NC[C@H](N)CC2CCC(F)(F)CC2)C1. The van der Waals surface area contributed by atoms with Gasteiger partial charge in [0.25, 0.3) is 0 Å². The second-order valence-electron chi connectivity index (χ2n) is 10.7. The van der Waals surface area contributed by atoms with Gasteiger partial charge in [0.2, 0.25) is 5.92 Å². The predicted molar refractivity (Wildman–Crippen MR) is 138 cm³/mol. The summed E-state index contributed by atoms with van der Waals surface area (Å²) in [6, 6.07) is 4.04. The number of methoxy groups -OCH3 is 1. The smallest absolute Gasteiger partial charge is 0.317 e. The van der Waals surface area contributed by atoms with Gasteiger partial charge in [-0.25, -0.2) is 18.0 Å². The van der Waals surface area contributed by atoms with Crippen molar-refractivity contribution < 1.29 is 27.8 Å². The zero-order valence-corrected chi connectivity index (χ0v) is 22.4. The highest BCUT2D eigenvalue weighted by atomic mass is 35.5. The van der Waals surface area contributed by atoms with Crippen molar-refractivity contribution in [2.75, 3.05) is 33.4 Å². The second kappa shape index (κ2) is 13.5. The Hall–Kier alpha value is -1.55. The van der Waals surface area contributed by atoms with Crippen LogP contribution in [-0.2, 0) is 10.3 Å². The lowest BCUT2D eigenvalue weighted by Crippen LogP contribution is -2.52. The quantitative estimate of drug-likeness (QED) is 0.322. The first kappa shape index (κ1) is 30.0. The van der Waals surface area contributed by atoms with Gasteiger partial charge >= 0.3 is 6.03 Å². The molecule has 37 heavy (non-hydrogen) atoms. The molecular weight excluding hydrogens is 507 g/mol. The standard InChI is InChI=1S/C27H41ClF3N3O3/c1-37-15-3-2-11-27(36,22-7-4-8-23(28)24(22)29)20-6-5-14-34(18-20)25(35)33-17-21(32)16-19-9-12-26(30,31)13-10-19/h4,7-8,19-21,36H,2-3,5-6,9-18,32H2,1H3,(H,33,35)/t20-,21-,27+/m1/s1. The van der Waals surface area contributed by atoms with Gasteiger partial charge in [-0.2, -0.15) is 0 Å². The molecule has 1 aromatic rings. The van der Waals surface area contributed by atoms with E-state index in [1.165, 1.54) is 6.07 Å². The monoisotopic (exact) mass is 547 g/mol. The molecule has 1 saturated carbocycles. The molecule has 10 heteroatoms. The molecule has 1 heterocycles. The number of nitrogens with two attached hydrogens (primary N) is 1. The topological polar surface area (TPSA) is 87.8 Å². The molecule has 1 aromatic carbocycles. The van der Waals surface area contributed by atoms with Crippen LogP contribution in [0.3, 0.4) is 0 Å². The van der Waals surface area contributed by atoms with E-state index in [-0.39, 0.29) is 60.4 Å². The fourth-order valence-electron chi connectivity index (χ4n) is 5.77. The first-order valence-corrected chi connectivity index (χ1v) is 13.8. The molecule has 3 atom stereocenters. The third-order valence-corrected chi connectivity index (χ3v) is 8.24. The molecular formula is C27H41ClF3N3O3. The summed E-state index contributed by atoms with van der Waals surface area (Å²) in [6.07, 6.45) is 4.26. The van der Waals surface area contributed by atoms with E-state index < -0.39 is 17.3 Å². The van der Waals surface area contributed by atoms with Crippen LogP contribution < -0.4 is 11.1 Å². The van der Waals surface area contributed by atoms with Gasteiger partial charge in [0.15, 0.2) is 0 Å². The van der Waals surface area contributed by atoms with Gasteiger partial charge in [0, 0.05) is 63.7 Å². The van der Waals surface area contributed by atoms with E-state index in [4.69, 9.17) is 22.1 Å². The molecule has 4 N–H and O–H groups in total. The maximum Gasteiger partial charge on any atom is 0.317 e. The molecule has 0 bridgehead atoms. The third-order valence-electron chi connectivity index (χ3n) is 7.95. The summed E-state index contributed by atoms with van der Waals surface area (Å²) in [5.41, 5.74) is 4.88. The van der Waals surface area contributed by atoms with Crippen molar-refractivity contribution in [1.82, 2.24) is 10.2 Å². The van der Waals surface area contributed by atoms with Crippen molar-refractivity contribution in [3.63, 3.8) is 0 Å². The van der Waals surface area contributed by atoms with Gasteiger partial charge in [-0.3, -0.25) is 0 Å². The van der Waals surface area contributed by atoms with E-state index in [1.54, 1.807) is 24.1 Å². The Balaban J connectivity index is 1.60. The van der Waals surface area contributed by atoms with Crippen LogP contribution in [0, 0.1) is 17.7 Å². The summed E-state index contributed by atoms with van der Waals surface area (Å²) >= 11 is 6.05. The molecule has 3 rings (SSSR count). The summed E-state index contributed by atoms with van der Waals surface area (Å²) in [7, 11) is 1.61. The zero-order valence-electron chi connectivity index (χ0n) is 21.7. The minimum atomic E-state index is -2.57. The van der Waals surface area contributed by atoms with Crippen molar-refractivity contribution in [1.29, 1.82) is 0 Å². The van der Waals surface area contributed by atoms with Gasteiger partial charge in [-0.15, -0.1) is 0 Å². The Kier molecular flexibility index (Phi) is 10.9. The summed E-state index contributed by atoms with van der Waals surface area (Å²) in [4.78, 5) is 14.6. The molecule has 1 aliphatic heterocycles. The van der Waals surface area contributed by atoms with E-state index in [9.17, 15) is 18.7 Å². The van der Waals surface area contributed by atoms with Crippen molar-refractivity contribution in [2.45, 2.75) is 81.8 Å². The number of hydrogen-bond acceptors (Lipinski definition) is 4. The van der Waals surface area contributed by atoms with Crippen LogP contribution in [0.15, 0.2) is 18.2 Å². The Morgan fingerprint density at radius 2 is 2.05 bits per heavy atom. The second-order valence-corrected chi connectivity index (χ2v) is 11.1. The van der Waals surface area contributed by atoms with Crippen molar-refractivity contribution in [3.05, 3.63) is 34.6 Å². The Labute approximate surface area is 223 Å². The predicted octanol–water partition coefficient (Wildman–Crippen LogP) is 5.45. The number of carbonyl (C=O) groups excluding carboxylic acids is 1. The number of piperidine rings is 1. The van der Waals surface area contributed by atoms with Crippen LogP contribution in [0.5, 0.6) is 0 Å². The Morgan fingerprint density at radius 3 is 2.76 bits per heavy atom. The molecule has 2 amide bonds. The number of nitrogens with zero attached hydrogens (tertiary/aromatic N) is 1. The zero-order chi connectivity index (χ0) is 27.1. The van der Waals surface area contributed by atoms with E-state index >= 15 is 4.39 Å². The minimum absolute atomic E-state index is 0.0473. The molecule has 2 fully saturated rings. The maximum absolute atomic E-state index is 15.1. The fourth-order valence-corrected chi connectivity index (χ4v) is 5.94. The molecule has 210 valence electrons. The Morgan fingerprint density at radius 1 is 1.32 bits per heavy atom. The third kappa shape index (κ3) is 8.22. The number of halogens is 4. The number of nitrogens with one attached hydrogen (secondary N) is 1. The van der Waals surface area contributed by atoms with Crippen LogP contribution in [0.4, 0.5) is 18.0 Å². The highest BCUT2D eigenvalue weighted by Gasteiger charge is 2.43. The van der Waals surface area contributed by atoms with Crippen LogP contribution >= 0.6 is 11.6 Å². The van der Waals surface area contributed by atoms with Crippen LogP contribution in [0.25, 0.3) is 0 Å². The lowest BCUT2D eigenvalue weighted by molar-refractivity contribution is -0.0586. The number of alkyl halides is 2. The minimum Gasteiger partial charge on any atom is -0.385 e. The average Bonchev–Trinajstić information content (AvgIpc) is 2.88. The van der Waals surface area contributed by atoms with E-state index in [1.807, 2.05) is 0 Å². The van der Waals surface area contributed by atoms with Gasteiger partial charge in [0.1, 0.15) is 5.82 Å². The molecule has 1 saturated heterocycles. The summed E-state index contributed by atoms with van der Waals surface area (Å²) in [5, 5.41) is 14.7. The summed E-state index contributed by atoms with van der Waals surface area (Å²) in [5.74, 6) is -3.43. The number of benzene rings is 1. The largest absolute Gasteiger partial charge is 0.385 e. The van der Waals surface area contributed by atoms with E-state index in [2.05, 4.69) is 5.32 Å². The number of ether oxygens (including phenoxy) is 1. The van der Waals surface area contributed by atoms with Gasteiger partial charge in [-0.05, 0) is 63.4 Å². The van der Waals surface area contributed by atoms with Gasteiger partial charge in [-0.1, -0.05) is 23.7 Å². The Bertz CT molecular complexity index is 884. The van der Waals surface area contributed by atoms with E-state index in [0.29, 0.717) is 64.5 Å². The van der Waals surface area contributed by atoms with Crippen LogP contribution in [-0.4, -0.2) is 61.4 Å². The number of amides is 2. The number of carbonyl (C=O) groups is 1. The number of likely N-dealkylation sites (tertiary alicyclic amines) is 1. The molecule has 6 nitrogen and oxygen atoms in total. The van der Waals surface area contributed by atoms with Crippen LogP contribution in [0.1, 0.15) is 69.8 Å². The first-order valence-electron chi connectivity index (χ1n) is 13.4. The number of aliphatic hydroxyl groups is 1. The van der Waals surface area contributed by atoms with Crippen molar-refractivity contribution in [2.24, 2.45) is 17.6 Å². The lowest BCUT2D eigenvalue weighted by Gasteiger charge is -2.43. The molecule has 0 aromatic heterocycles. The highest BCUT2D eigenvalue weighted by Crippen LogP contribution is 2.42. The normalized spacial score (nSPS) is 22.9. The van der Waals surface area contributed by atoms with Crippen molar-refractivity contribution in [3.8, 4) is 0 Å². The summed E-state index contributed by atoms with van der Waals surface area (Å²) < 4.78 is 47.0. The average molecular weight is 548 g/mol. The molecule has 1 aliphatic carbocycles. The fraction of sp³-hybridized carbons (Fsp3) is 0.741. The van der Waals surface area contributed by atoms with E-state index in [0.717, 1.165) is 0 Å². The number of urea groups is 1.